The van der Waals surface area contributed by atoms with Gasteiger partial charge in [-0.05, 0) is 61.6 Å². The van der Waals surface area contributed by atoms with Crippen molar-refractivity contribution in [2.75, 3.05) is 11.8 Å². The summed E-state index contributed by atoms with van der Waals surface area (Å²) in [5.41, 5.74) is 4.06. The number of rotatable bonds is 8. The number of methoxy groups -OCH3 is 1. The SMILES string of the molecule is COc1cccc(Cn2nc(C)c(NS(=O)(=O)c3ccc(CC(C)C)cc3)c2C)c1. The molecule has 0 amide bonds. The number of anilines is 1. The summed E-state index contributed by atoms with van der Waals surface area (Å²) in [6.45, 7) is 8.47. The molecule has 7 heteroatoms. The lowest BCUT2D eigenvalue weighted by Crippen LogP contribution is -2.14. The Bertz CT molecular complexity index is 1120. The maximum Gasteiger partial charge on any atom is 0.262 e. The highest BCUT2D eigenvalue weighted by atomic mass is 32.2. The van der Waals surface area contributed by atoms with E-state index in [0.717, 1.165) is 29.0 Å². The van der Waals surface area contributed by atoms with E-state index in [1.165, 1.54) is 0 Å². The average Bonchev–Trinajstić information content (AvgIpc) is 2.95. The second-order valence-electron chi connectivity index (χ2n) is 7.90. The van der Waals surface area contributed by atoms with Crippen molar-refractivity contribution in [2.24, 2.45) is 5.92 Å². The summed E-state index contributed by atoms with van der Waals surface area (Å²) in [4.78, 5) is 0.245. The van der Waals surface area contributed by atoms with Gasteiger partial charge in [0.05, 0.1) is 35.6 Å². The van der Waals surface area contributed by atoms with Gasteiger partial charge in [-0.3, -0.25) is 9.40 Å². The van der Waals surface area contributed by atoms with E-state index in [9.17, 15) is 8.42 Å². The first-order valence-electron chi connectivity index (χ1n) is 9.98. The number of hydrogen-bond donors (Lipinski definition) is 1. The summed E-state index contributed by atoms with van der Waals surface area (Å²) in [5.74, 6) is 1.29. The number of aromatic nitrogens is 2. The van der Waals surface area contributed by atoms with Crippen LogP contribution >= 0.6 is 0 Å². The number of benzene rings is 2. The molecular weight excluding hydrogens is 398 g/mol. The summed E-state index contributed by atoms with van der Waals surface area (Å²) in [6.07, 6.45) is 0.920. The smallest absolute Gasteiger partial charge is 0.262 e. The molecule has 3 rings (SSSR count). The fraction of sp³-hybridized carbons (Fsp3) is 0.348. The van der Waals surface area contributed by atoms with Crippen molar-refractivity contribution >= 4 is 15.7 Å². The molecule has 0 spiro atoms. The third-order valence-electron chi connectivity index (χ3n) is 4.96. The lowest BCUT2D eigenvalue weighted by Gasteiger charge is -2.11. The lowest BCUT2D eigenvalue weighted by atomic mass is 10.0. The molecule has 6 nitrogen and oxygen atoms in total. The Labute approximate surface area is 178 Å². The van der Waals surface area contributed by atoms with Crippen molar-refractivity contribution in [3.8, 4) is 5.75 Å². The second kappa shape index (κ2) is 8.92. The molecule has 0 bridgehead atoms. The van der Waals surface area contributed by atoms with Gasteiger partial charge in [-0.1, -0.05) is 38.1 Å². The number of hydrogen-bond acceptors (Lipinski definition) is 4. The quantitative estimate of drug-likeness (QED) is 0.572. The molecule has 0 radical (unpaired) electrons. The minimum atomic E-state index is -3.70. The third-order valence-corrected chi connectivity index (χ3v) is 6.33. The molecule has 0 aliphatic heterocycles. The Kier molecular flexibility index (Phi) is 6.51. The molecule has 0 saturated carbocycles. The van der Waals surface area contributed by atoms with Gasteiger partial charge in [0.15, 0.2) is 0 Å². The topological polar surface area (TPSA) is 73.2 Å². The van der Waals surface area contributed by atoms with Crippen LogP contribution in [0.4, 0.5) is 5.69 Å². The van der Waals surface area contributed by atoms with E-state index < -0.39 is 10.0 Å². The summed E-state index contributed by atoms with van der Waals surface area (Å²) in [6, 6.07) is 14.8. The van der Waals surface area contributed by atoms with Gasteiger partial charge in [-0.25, -0.2) is 8.42 Å². The molecule has 0 aliphatic carbocycles. The van der Waals surface area contributed by atoms with Crippen LogP contribution in [0.15, 0.2) is 53.4 Å². The maximum absolute atomic E-state index is 12.9. The van der Waals surface area contributed by atoms with Crippen LogP contribution in [0.2, 0.25) is 0 Å². The minimum absolute atomic E-state index is 0.245. The monoisotopic (exact) mass is 427 g/mol. The zero-order chi connectivity index (χ0) is 21.9. The van der Waals surface area contributed by atoms with Crippen LogP contribution in [0.3, 0.4) is 0 Å². The Morgan fingerprint density at radius 1 is 1.07 bits per heavy atom. The van der Waals surface area contributed by atoms with Gasteiger partial charge in [-0.15, -0.1) is 0 Å². The zero-order valence-corrected chi connectivity index (χ0v) is 19.0. The highest BCUT2D eigenvalue weighted by Crippen LogP contribution is 2.25. The number of aryl methyl sites for hydroxylation is 1. The van der Waals surface area contributed by atoms with Gasteiger partial charge in [0.1, 0.15) is 5.75 Å². The molecule has 0 fully saturated rings. The fourth-order valence-corrected chi connectivity index (χ4v) is 4.59. The Balaban J connectivity index is 1.82. The van der Waals surface area contributed by atoms with E-state index in [1.807, 2.05) is 43.3 Å². The van der Waals surface area contributed by atoms with Gasteiger partial charge in [-0.2, -0.15) is 5.10 Å². The summed E-state index contributed by atoms with van der Waals surface area (Å²) >= 11 is 0. The van der Waals surface area contributed by atoms with E-state index in [0.29, 0.717) is 23.8 Å². The van der Waals surface area contributed by atoms with Crippen LogP contribution in [0.5, 0.6) is 5.75 Å². The summed E-state index contributed by atoms with van der Waals surface area (Å²) in [5, 5.41) is 4.53. The van der Waals surface area contributed by atoms with E-state index >= 15 is 0 Å². The maximum atomic E-state index is 12.9. The minimum Gasteiger partial charge on any atom is -0.497 e. The Hall–Kier alpha value is -2.80. The van der Waals surface area contributed by atoms with E-state index in [2.05, 4.69) is 23.7 Å². The molecule has 160 valence electrons. The van der Waals surface area contributed by atoms with Gasteiger partial charge in [0.2, 0.25) is 0 Å². The molecule has 0 atom stereocenters. The molecule has 30 heavy (non-hydrogen) atoms. The first-order valence-corrected chi connectivity index (χ1v) is 11.5. The highest BCUT2D eigenvalue weighted by molar-refractivity contribution is 7.92. The molecule has 0 aliphatic rings. The highest BCUT2D eigenvalue weighted by Gasteiger charge is 2.20. The molecule has 0 unspecified atom stereocenters. The van der Waals surface area contributed by atoms with Crippen molar-refractivity contribution in [1.82, 2.24) is 9.78 Å². The van der Waals surface area contributed by atoms with E-state index in [1.54, 1.807) is 30.8 Å². The van der Waals surface area contributed by atoms with Crippen molar-refractivity contribution in [3.63, 3.8) is 0 Å². The second-order valence-corrected chi connectivity index (χ2v) is 9.58. The van der Waals surface area contributed by atoms with Gasteiger partial charge in [0.25, 0.3) is 10.0 Å². The molecule has 2 aromatic carbocycles. The summed E-state index contributed by atoms with van der Waals surface area (Å²) < 4.78 is 35.7. The normalized spacial score (nSPS) is 11.7. The zero-order valence-electron chi connectivity index (χ0n) is 18.1. The van der Waals surface area contributed by atoms with Crippen molar-refractivity contribution < 1.29 is 13.2 Å². The molecule has 1 N–H and O–H groups in total. The Morgan fingerprint density at radius 2 is 1.77 bits per heavy atom. The van der Waals surface area contributed by atoms with Gasteiger partial charge >= 0.3 is 0 Å². The van der Waals surface area contributed by atoms with Crippen LogP contribution in [-0.2, 0) is 23.0 Å². The number of ether oxygens (including phenoxy) is 1. The molecule has 0 saturated heterocycles. The molecule has 3 aromatic rings. The van der Waals surface area contributed by atoms with E-state index in [-0.39, 0.29) is 4.90 Å². The van der Waals surface area contributed by atoms with Gasteiger partial charge in [0, 0.05) is 0 Å². The van der Waals surface area contributed by atoms with Crippen molar-refractivity contribution in [2.45, 2.75) is 45.6 Å². The summed E-state index contributed by atoms with van der Waals surface area (Å²) in [7, 11) is -2.07. The van der Waals surface area contributed by atoms with Crippen molar-refractivity contribution in [3.05, 3.63) is 71.0 Å². The van der Waals surface area contributed by atoms with Crippen molar-refractivity contribution in [1.29, 1.82) is 0 Å². The standard InChI is InChI=1S/C23H29N3O3S/c1-16(2)13-19-9-11-22(12-10-19)30(27,28)25-23-17(3)24-26(18(23)4)15-20-7-6-8-21(14-20)29-5/h6-12,14,16,25H,13,15H2,1-5H3. The van der Waals surface area contributed by atoms with Crippen LogP contribution in [-0.4, -0.2) is 25.3 Å². The average molecular weight is 428 g/mol. The largest absolute Gasteiger partial charge is 0.497 e. The van der Waals surface area contributed by atoms with Crippen LogP contribution in [0.25, 0.3) is 0 Å². The van der Waals surface area contributed by atoms with Crippen LogP contribution in [0, 0.1) is 19.8 Å². The van der Waals surface area contributed by atoms with Gasteiger partial charge < -0.3 is 4.74 Å². The first-order chi connectivity index (χ1) is 14.2. The number of nitrogens with zero attached hydrogens (tertiary/aromatic N) is 2. The van der Waals surface area contributed by atoms with Crippen LogP contribution < -0.4 is 9.46 Å². The first kappa shape index (κ1) is 21.9. The molecule has 1 heterocycles. The van der Waals surface area contributed by atoms with E-state index in [4.69, 9.17) is 4.74 Å². The number of sulfonamides is 1. The third kappa shape index (κ3) is 5.02. The molecule has 1 aromatic heterocycles. The predicted molar refractivity (Wildman–Crippen MR) is 120 cm³/mol. The predicted octanol–water partition coefficient (Wildman–Crippen LogP) is 4.56. The number of nitrogens with one attached hydrogen (secondary N) is 1. The lowest BCUT2D eigenvalue weighted by molar-refractivity contribution is 0.414. The molecular formula is C23H29N3O3S. The van der Waals surface area contributed by atoms with Crippen LogP contribution in [0.1, 0.15) is 36.4 Å². The fourth-order valence-electron chi connectivity index (χ4n) is 3.41. The Morgan fingerprint density at radius 3 is 2.40 bits per heavy atom.